The van der Waals surface area contributed by atoms with Gasteiger partial charge < -0.3 is 5.32 Å². The number of nitrogens with zero attached hydrogens (tertiary/aromatic N) is 2. The molecule has 21 heavy (non-hydrogen) atoms. The molecule has 1 heterocycles. The van der Waals surface area contributed by atoms with Crippen molar-refractivity contribution in [2.75, 3.05) is 7.05 Å². The number of hydrogen-bond acceptors (Lipinski definition) is 2. The van der Waals surface area contributed by atoms with Gasteiger partial charge in [0.15, 0.2) is 0 Å². The number of hydrogen-bond donors (Lipinski definition) is 1. The summed E-state index contributed by atoms with van der Waals surface area (Å²) in [6.45, 7) is 5.10. The van der Waals surface area contributed by atoms with E-state index in [-0.39, 0.29) is 6.04 Å². The molecular weight excluding hydrogens is 305 g/mol. The molecular formula is C16H21Cl2N3. The first kappa shape index (κ1) is 16.3. The molecule has 0 aliphatic rings. The van der Waals surface area contributed by atoms with Crippen molar-refractivity contribution < 1.29 is 0 Å². The van der Waals surface area contributed by atoms with Crippen LogP contribution >= 0.6 is 23.2 Å². The van der Waals surface area contributed by atoms with E-state index in [4.69, 9.17) is 23.2 Å². The third kappa shape index (κ3) is 3.60. The van der Waals surface area contributed by atoms with Crippen molar-refractivity contribution >= 4 is 23.2 Å². The molecule has 1 aromatic heterocycles. The number of rotatable bonds is 6. The van der Waals surface area contributed by atoms with Gasteiger partial charge in [-0.25, -0.2) is 0 Å². The fraction of sp³-hybridized carbons (Fsp3) is 0.438. The molecule has 0 aliphatic carbocycles. The predicted molar refractivity (Wildman–Crippen MR) is 89.2 cm³/mol. The Morgan fingerprint density at radius 1 is 1.29 bits per heavy atom. The van der Waals surface area contributed by atoms with E-state index in [1.54, 1.807) is 0 Å². The van der Waals surface area contributed by atoms with E-state index in [9.17, 15) is 0 Å². The van der Waals surface area contributed by atoms with Crippen LogP contribution in [0.4, 0.5) is 0 Å². The number of nitrogens with one attached hydrogen (secondary N) is 1. The lowest BCUT2D eigenvalue weighted by Gasteiger charge is -2.19. The standard InChI is InChI=1S/C16H21Cl2N3/c1-4-11-9-12(21(5-2)20-11)10-15(19-3)13-7-6-8-14(17)16(13)18/h6-9,15,19H,4-5,10H2,1-3H3. The van der Waals surface area contributed by atoms with Gasteiger partial charge in [-0.3, -0.25) is 4.68 Å². The Labute approximate surface area is 136 Å². The minimum atomic E-state index is 0.114. The molecule has 3 nitrogen and oxygen atoms in total. The number of halogens is 2. The van der Waals surface area contributed by atoms with Crippen molar-refractivity contribution in [1.82, 2.24) is 15.1 Å². The molecule has 0 bridgehead atoms. The van der Waals surface area contributed by atoms with Crippen molar-refractivity contribution in [3.05, 3.63) is 51.3 Å². The van der Waals surface area contributed by atoms with Gasteiger partial charge in [-0.05, 0) is 38.1 Å². The van der Waals surface area contributed by atoms with E-state index in [1.165, 1.54) is 5.69 Å². The highest BCUT2D eigenvalue weighted by Gasteiger charge is 2.17. The highest BCUT2D eigenvalue weighted by Crippen LogP contribution is 2.31. The van der Waals surface area contributed by atoms with Gasteiger partial charge in [0.2, 0.25) is 0 Å². The van der Waals surface area contributed by atoms with E-state index in [0.29, 0.717) is 10.0 Å². The first-order chi connectivity index (χ1) is 10.1. The summed E-state index contributed by atoms with van der Waals surface area (Å²) in [6.07, 6.45) is 1.78. The maximum Gasteiger partial charge on any atom is 0.0640 e. The third-order valence-corrected chi connectivity index (χ3v) is 4.53. The Morgan fingerprint density at radius 3 is 2.67 bits per heavy atom. The highest BCUT2D eigenvalue weighted by molar-refractivity contribution is 6.42. The van der Waals surface area contributed by atoms with E-state index < -0.39 is 0 Å². The average Bonchev–Trinajstić information content (AvgIpc) is 2.90. The topological polar surface area (TPSA) is 29.9 Å². The zero-order chi connectivity index (χ0) is 15.4. The maximum absolute atomic E-state index is 6.34. The summed E-state index contributed by atoms with van der Waals surface area (Å²) < 4.78 is 2.06. The molecule has 0 fully saturated rings. The zero-order valence-corrected chi connectivity index (χ0v) is 14.2. The summed E-state index contributed by atoms with van der Waals surface area (Å²) >= 11 is 12.5. The number of aromatic nitrogens is 2. The van der Waals surface area contributed by atoms with Crippen LogP contribution in [0.5, 0.6) is 0 Å². The lowest BCUT2D eigenvalue weighted by molar-refractivity contribution is 0.540. The first-order valence-electron chi connectivity index (χ1n) is 7.27. The van der Waals surface area contributed by atoms with Crippen LogP contribution in [0, 0.1) is 0 Å². The van der Waals surface area contributed by atoms with E-state index in [1.807, 2.05) is 25.2 Å². The molecule has 1 aromatic carbocycles. The van der Waals surface area contributed by atoms with Gasteiger partial charge in [-0.2, -0.15) is 5.10 Å². The number of aryl methyl sites for hydroxylation is 2. The maximum atomic E-state index is 6.34. The van der Waals surface area contributed by atoms with Gasteiger partial charge in [0, 0.05) is 24.7 Å². The van der Waals surface area contributed by atoms with Crippen LogP contribution in [0.15, 0.2) is 24.3 Å². The van der Waals surface area contributed by atoms with Crippen LogP contribution < -0.4 is 5.32 Å². The van der Waals surface area contributed by atoms with Crippen molar-refractivity contribution in [3.8, 4) is 0 Å². The zero-order valence-electron chi connectivity index (χ0n) is 12.7. The molecule has 1 atom stereocenters. The summed E-state index contributed by atoms with van der Waals surface area (Å²) in [7, 11) is 1.94. The summed E-state index contributed by atoms with van der Waals surface area (Å²) in [6, 6.07) is 8.05. The molecule has 0 saturated heterocycles. The fourth-order valence-corrected chi connectivity index (χ4v) is 2.93. The smallest absolute Gasteiger partial charge is 0.0640 e. The Balaban J connectivity index is 2.31. The summed E-state index contributed by atoms with van der Waals surface area (Å²) in [4.78, 5) is 0. The second kappa shape index (κ2) is 7.30. The van der Waals surface area contributed by atoms with E-state index in [0.717, 1.165) is 30.6 Å². The Morgan fingerprint density at radius 2 is 2.05 bits per heavy atom. The van der Waals surface area contributed by atoms with Gasteiger partial charge in [-0.15, -0.1) is 0 Å². The number of benzene rings is 1. The van der Waals surface area contributed by atoms with Gasteiger partial charge in [0.25, 0.3) is 0 Å². The van der Waals surface area contributed by atoms with Crippen LogP contribution in [0.3, 0.4) is 0 Å². The normalized spacial score (nSPS) is 12.6. The van der Waals surface area contributed by atoms with Gasteiger partial charge >= 0.3 is 0 Å². The summed E-state index contributed by atoms with van der Waals surface area (Å²) in [5.74, 6) is 0. The van der Waals surface area contributed by atoms with Crippen LogP contribution in [-0.2, 0) is 19.4 Å². The second-order valence-electron chi connectivity index (χ2n) is 4.98. The second-order valence-corrected chi connectivity index (χ2v) is 5.77. The number of likely N-dealkylation sites (N-methyl/N-ethyl adjacent to an activating group) is 1. The minimum absolute atomic E-state index is 0.114. The van der Waals surface area contributed by atoms with E-state index in [2.05, 4.69) is 35.0 Å². The highest BCUT2D eigenvalue weighted by atomic mass is 35.5. The predicted octanol–water partition coefficient (Wildman–Crippen LogP) is 4.28. The van der Waals surface area contributed by atoms with Gasteiger partial charge in [0.1, 0.15) is 0 Å². The summed E-state index contributed by atoms with van der Waals surface area (Å²) in [5.41, 5.74) is 3.36. The molecule has 2 rings (SSSR count). The van der Waals surface area contributed by atoms with Crippen molar-refractivity contribution in [1.29, 1.82) is 0 Å². The van der Waals surface area contributed by atoms with Gasteiger partial charge in [-0.1, -0.05) is 42.3 Å². The van der Waals surface area contributed by atoms with Crippen molar-refractivity contribution in [2.45, 2.75) is 39.3 Å². The molecule has 0 spiro atoms. The quantitative estimate of drug-likeness (QED) is 0.859. The molecule has 5 heteroatoms. The molecule has 0 saturated carbocycles. The van der Waals surface area contributed by atoms with E-state index >= 15 is 0 Å². The molecule has 1 N–H and O–H groups in total. The monoisotopic (exact) mass is 325 g/mol. The first-order valence-corrected chi connectivity index (χ1v) is 8.03. The largest absolute Gasteiger partial charge is 0.313 e. The molecule has 0 radical (unpaired) electrons. The SMILES string of the molecule is CCc1cc(CC(NC)c2cccc(Cl)c2Cl)n(CC)n1. The molecule has 114 valence electrons. The van der Waals surface area contributed by atoms with Crippen molar-refractivity contribution in [3.63, 3.8) is 0 Å². The molecule has 2 aromatic rings. The molecule has 0 aliphatic heterocycles. The van der Waals surface area contributed by atoms with Gasteiger partial charge in [0.05, 0.1) is 15.7 Å². The lowest BCUT2D eigenvalue weighted by Crippen LogP contribution is -2.21. The van der Waals surface area contributed by atoms with Crippen LogP contribution in [0.25, 0.3) is 0 Å². The van der Waals surface area contributed by atoms with Crippen LogP contribution in [-0.4, -0.2) is 16.8 Å². The summed E-state index contributed by atoms with van der Waals surface area (Å²) in [5, 5.41) is 9.14. The Bertz CT molecular complexity index is 608. The fourth-order valence-electron chi connectivity index (χ4n) is 2.49. The third-order valence-electron chi connectivity index (χ3n) is 3.69. The minimum Gasteiger partial charge on any atom is -0.313 e. The molecule has 1 unspecified atom stereocenters. The Kier molecular flexibility index (Phi) is 5.68. The van der Waals surface area contributed by atoms with Crippen molar-refractivity contribution in [2.24, 2.45) is 0 Å². The molecule has 0 amide bonds. The average molecular weight is 326 g/mol. The van der Waals surface area contributed by atoms with Crippen LogP contribution in [0.2, 0.25) is 10.0 Å². The Hall–Kier alpha value is -1.03. The van der Waals surface area contributed by atoms with Crippen LogP contribution in [0.1, 0.15) is 36.8 Å². The lowest BCUT2D eigenvalue weighted by atomic mass is 10.0.